The van der Waals surface area contributed by atoms with E-state index in [1.165, 1.54) is 33.5 Å². The van der Waals surface area contributed by atoms with Gasteiger partial charge >= 0.3 is 0 Å². The van der Waals surface area contributed by atoms with Crippen LogP contribution in [0.2, 0.25) is 0 Å². The Kier molecular flexibility index (Phi) is 4.98. The van der Waals surface area contributed by atoms with Gasteiger partial charge < -0.3 is 4.42 Å². The van der Waals surface area contributed by atoms with Gasteiger partial charge in [0.1, 0.15) is 11.2 Å². The second kappa shape index (κ2) is 8.92. The highest BCUT2D eigenvalue weighted by molar-refractivity contribution is 6.17. The lowest BCUT2D eigenvalue weighted by atomic mass is 9.82. The Labute approximate surface area is 260 Å². The number of para-hydroxylation sites is 1. The molecule has 0 saturated carbocycles. The van der Waals surface area contributed by atoms with Crippen LogP contribution >= 0.6 is 0 Å². The van der Waals surface area contributed by atoms with E-state index in [1.807, 2.05) is 6.07 Å². The quantitative estimate of drug-likeness (QED) is 0.205. The predicted molar refractivity (Wildman–Crippen MR) is 184 cm³/mol. The van der Waals surface area contributed by atoms with Gasteiger partial charge in [0.2, 0.25) is 5.95 Å². The first-order chi connectivity index (χ1) is 22.1. The molecule has 7 aromatic rings. The fourth-order valence-corrected chi connectivity index (χ4v) is 8.16. The van der Waals surface area contributed by atoms with Crippen LogP contribution in [-0.4, -0.2) is 14.5 Å². The number of benzene rings is 4. The molecule has 216 valence electrons. The van der Waals surface area contributed by atoms with Gasteiger partial charge in [-0.1, -0.05) is 92.7 Å². The molecule has 0 aliphatic heterocycles. The van der Waals surface area contributed by atoms with Crippen molar-refractivity contribution in [1.29, 1.82) is 0 Å². The van der Waals surface area contributed by atoms with Crippen molar-refractivity contribution >= 4 is 51.1 Å². The molecule has 3 aliphatic rings. The molecule has 0 unspecified atom stereocenters. The summed E-state index contributed by atoms with van der Waals surface area (Å²) in [7, 11) is 0. The molecule has 3 heterocycles. The maximum Gasteiger partial charge on any atom is 0.235 e. The lowest BCUT2D eigenvalue weighted by Gasteiger charge is -2.22. The molecule has 0 saturated heterocycles. The van der Waals surface area contributed by atoms with Gasteiger partial charge in [-0.3, -0.25) is 4.57 Å². The van der Waals surface area contributed by atoms with Crippen LogP contribution in [0.5, 0.6) is 0 Å². The van der Waals surface area contributed by atoms with E-state index in [-0.39, 0.29) is 5.41 Å². The summed E-state index contributed by atoms with van der Waals surface area (Å²) in [4.78, 5) is 10.7. The molecule has 0 radical (unpaired) electrons. The zero-order valence-corrected chi connectivity index (χ0v) is 25.4. The van der Waals surface area contributed by atoms with Crippen LogP contribution in [0.4, 0.5) is 0 Å². The second-order valence-electron chi connectivity index (χ2n) is 13.2. The topological polar surface area (TPSA) is 43.9 Å². The zero-order chi connectivity index (χ0) is 29.9. The highest BCUT2D eigenvalue weighted by Crippen LogP contribution is 2.49. The minimum absolute atomic E-state index is 0.0757. The van der Waals surface area contributed by atoms with Crippen LogP contribution in [-0.2, 0) is 11.8 Å². The molecule has 3 aliphatic carbocycles. The minimum atomic E-state index is -0.0757. The molecule has 4 heteroatoms. The summed E-state index contributed by atoms with van der Waals surface area (Å²) in [5.41, 5.74) is 12.9. The Bertz CT molecular complexity index is 2580. The fraction of sp³-hybridized carbons (Fsp3) is 0.171. The van der Waals surface area contributed by atoms with E-state index < -0.39 is 0 Å². The maximum absolute atomic E-state index is 6.55. The van der Waals surface area contributed by atoms with Crippen LogP contribution < -0.4 is 10.6 Å². The smallest absolute Gasteiger partial charge is 0.235 e. The average Bonchev–Trinajstić information content (AvgIpc) is 3.70. The Morgan fingerprint density at radius 3 is 2.58 bits per heavy atom. The van der Waals surface area contributed by atoms with Crippen molar-refractivity contribution in [3.8, 4) is 28.3 Å². The Morgan fingerprint density at radius 1 is 0.778 bits per heavy atom. The fourth-order valence-electron chi connectivity index (χ4n) is 8.16. The van der Waals surface area contributed by atoms with Crippen LogP contribution in [0.15, 0.2) is 89.4 Å². The number of hydrogen-bond acceptors (Lipinski definition) is 3. The van der Waals surface area contributed by atoms with Gasteiger partial charge in [0.15, 0.2) is 0 Å². The number of furan rings is 1. The molecule has 0 N–H and O–H groups in total. The Balaban J connectivity index is 1.25. The second-order valence-corrected chi connectivity index (χ2v) is 13.2. The lowest BCUT2D eigenvalue weighted by Crippen LogP contribution is -2.35. The molecule has 4 aromatic carbocycles. The largest absolute Gasteiger partial charge is 0.455 e. The maximum atomic E-state index is 6.55. The Morgan fingerprint density at radius 2 is 1.62 bits per heavy atom. The van der Waals surface area contributed by atoms with Crippen molar-refractivity contribution in [2.24, 2.45) is 0 Å². The van der Waals surface area contributed by atoms with Crippen LogP contribution in [0.3, 0.4) is 0 Å². The van der Waals surface area contributed by atoms with Crippen molar-refractivity contribution in [2.45, 2.75) is 44.9 Å². The number of allylic oxidation sites excluding steroid dienone is 1. The van der Waals surface area contributed by atoms with Gasteiger partial charge in [0.05, 0.1) is 21.9 Å². The molecule has 10 rings (SSSR count). The molecule has 0 bridgehead atoms. The molecular weight excluding hydrogens is 550 g/mol. The average molecular weight is 582 g/mol. The van der Waals surface area contributed by atoms with E-state index >= 15 is 0 Å². The van der Waals surface area contributed by atoms with Gasteiger partial charge in [-0.05, 0) is 72.2 Å². The third-order valence-electron chi connectivity index (χ3n) is 10.3. The summed E-state index contributed by atoms with van der Waals surface area (Å²) in [6.07, 6.45) is 13.1. The van der Waals surface area contributed by atoms with Crippen LogP contribution in [0.1, 0.15) is 55.5 Å². The predicted octanol–water partition coefficient (Wildman–Crippen LogP) is 8.61. The monoisotopic (exact) mass is 581 g/mol. The molecule has 0 amide bonds. The van der Waals surface area contributed by atoms with Crippen LogP contribution in [0, 0.1) is 0 Å². The van der Waals surface area contributed by atoms with Gasteiger partial charge in [-0.2, -0.15) is 0 Å². The van der Waals surface area contributed by atoms with Gasteiger partial charge in [-0.25, -0.2) is 9.97 Å². The van der Waals surface area contributed by atoms with Crippen molar-refractivity contribution < 1.29 is 4.42 Å². The van der Waals surface area contributed by atoms with Crippen molar-refractivity contribution in [2.75, 3.05) is 0 Å². The highest BCUT2D eigenvalue weighted by atomic mass is 16.3. The van der Waals surface area contributed by atoms with E-state index in [4.69, 9.17) is 14.4 Å². The number of rotatable bonds is 2. The third kappa shape index (κ3) is 3.37. The molecule has 0 fully saturated rings. The van der Waals surface area contributed by atoms with E-state index in [0.29, 0.717) is 0 Å². The summed E-state index contributed by atoms with van der Waals surface area (Å²) in [6.45, 7) is 4.68. The molecule has 0 spiro atoms. The van der Waals surface area contributed by atoms with E-state index in [2.05, 4.69) is 116 Å². The van der Waals surface area contributed by atoms with E-state index in [1.54, 1.807) is 0 Å². The molecule has 4 nitrogen and oxygen atoms in total. The van der Waals surface area contributed by atoms with E-state index in [0.717, 1.165) is 86.3 Å². The van der Waals surface area contributed by atoms with Crippen LogP contribution in [0.25, 0.3) is 79.4 Å². The standard InChI is InChI=1S/C41H31N3O/c1-41(2)31-15-7-3-11-25(31)26-20-19-24(23-32(26)41)38-29-13-4-8-16-33(29)42-40(43-38)44-34-17-9-5-14-30(34)37-35(44)22-21-28-27-12-6-10-18-36(27)45-39(28)37/h3,5-7,10-16,18-23H,4,8-9,17H2,1-2H3. The molecule has 0 atom stereocenters. The SMILES string of the molecule is CC1(C)c2ccccc2-c2ccc(-c3nc(-n4c5c(c6c7oc8ccccc8c7ccc64)C=CCC5)nc4c3=CCCC=4)cc21. The normalized spacial score (nSPS) is 15.9. The zero-order valence-electron chi connectivity index (χ0n) is 25.4. The summed E-state index contributed by atoms with van der Waals surface area (Å²) in [5, 5.41) is 5.60. The molecular formula is C41H31N3O. The van der Waals surface area contributed by atoms with Gasteiger partial charge in [0, 0.05) is 38.2 Å². The number of aromatic nitrogens is 3. The number of fused-ring (bicyclic) bond motifs is 11. The number of nitrogens with zero attached hydrogens (tertiary/aromatic N) is 3. The molecule has 3 aromatic heterocycles. The van der Waals surface area contributed by atoms with Crippen molar-refractivity contribution in [3.63, 3.8) is 0 Å². The minimum Gasteiger partial charge on any atom is -0.455 e. The first-order valence-corrected chi connectivity index (χ1v) is 16.1. The van der Waals surface area contributed by atoms with Gasteiger partial charge in [-0.15, -0.1) is 0 Å². The summed E-state index contributed by atoms with van der Waals surface area (Å²) < 4.78 is 8.86. The van der Waals surface area contributed by atoms with Crippen molar-refractivity contribution in [3.05, 3.63) is 118 Å². The summed E-state index contributed by atoms with van der Waals surface area (Å²) >= 11 is 0. The first-order valence-electron chi connectivity index (χ1n) is 16.1. The highest BCUT2D eigenvalue weighted by Gasteiger charge is 2.35. The lowest BCUT2D eigenvalue weighted by molar-refractivity contribution is 0.660. The first kappa shape index (κ1) is 25.1. The number of hydrogen-bond donors (Lipinski definition) is 0. The van der Waals surface area contributed by atoms with Crippen molar-refractivity contribution in [1.82, 2.24) is 14.5 Å². The Hall–Kier alpha value is -5.22. The summed E-state index contributed by atoms with van der Waals surface area (Å²) in [6, 6.07) is 28.5. The molecule has 45 heavy (non-hydrogen) atoms. The van der Waals surface area contributed by atoms with E-state index in [9.17, 15) is 0 Å². The van der Waals surface area contributed by atoms with Gasteiger partial charge in [0.25, 0.3) is 0 Å². The summed E-state index contributed by atoms with van der Waals surface area (Å²) in [5.74, 6) is 0.732. The third-order valence-corrected chi connectivity index (χ3v) is 10.3.